The van der Waals surface area contributed by atoms with Gasteiger partial charge in [0.25, 0.3) is 0 Å². The molecule has 0 aliphatic heterocycles. The fourth-order valence-electron chi connectivity index (χ4n) is 7.18. The van der Waals surface area contributed by atoms with Crippen molar-refractivity contribution in [3.63, 3.8) is 0 Å². The highest BCUT2D eigenvalue weighted by Crippen LogP contribution is 2.47. The van der Waals surface area contributed by atoms with E-state index in [1.807, 2.05) is 0 Å². The maximum Gasteiger partial charge on any atom is 0.472 e. The Morgan fingerprint density at radius 2 is 0.962 bits per heavy atom. The minimum Gasteiger partial charge on any atom is -0.390 e. The van der Waals surface area contributed by atoms with Gasteiger partial charge in [-0.3, -0.25) is 18.6 Å². The Bertz CT molecular complexity index is 933. The molecule has 0 saturated heterocycles. The molecule has 308 valence electrons. The van der Waals surface area contributed by atoms with Gasteiger partial charge in [0.15, 0.2) is 0 Å². The second-order valence-corrected chi connectivity index (χ2v) is 17.0. The van der Waals surface area contributed by atoms with Crippen LogP contribution in [0.15, 0.2) is 0 Å². The molecule has 7 atom stereocenters. The summed E-state index contributed by atoms with van der Waals surface area (Å²) >= 11 is 0. The second kappa shape index (κ2) is 31.5. The molecule has 0 heterocycles. The molecular weight excluding hydrogens is 683 g/mol. The molecule has 0 aromatic carbocycles. The highest BCUT2D eigenvalue weighted by molar-refractivity contribution is 7.47. The lowest BCUT2D eigenvalue weighted by Crippen LogP contribution is -2.56. The number of hydrogen-bond acceptors (Lipinski definition) is 9. The van der Waals surface area contributed by atoms with Gasteiger partial charge in [0.1, 0.15) is 29.9 Å². The largest absolute Gasteiger partial charge is 0.472 e. The summed E-state index contributed by atoms with van der Waals surface area (Å²) in [6.07, 6.45) is 23.0. The Morgan fingerprint density at radius 1 is 0.577 bits per heavy atom. The molecule has 0 amide bonds. The van der Waals surface area contributed by atoms with Crippen LogP contribution < -0.4 is 0 Å². The van der Waals surface area contributed by atoms with E-state index in [4.69, 9.17) is 9.05 Å². The molecule has 52 heavy (non-hydrogen) atoms. The van der Waals surface area contributed by atoms with Gasteiger partial charge >= 0.3 is 7.82 Å². The van der Waals surface area contributed by atoms with Crippen LogP contribution in [-0.4, -0.2) is 74.0 Å². The van der Waals surface area contributed by atoms with Crippen LogP contribution in [0.5, 0.6) is 0 Å². The molecule has 0 aromatic heterocycles. The average molecular weight is 763 g/mol. The molecule has 1 aliphatic rings. The summed E-state index contributed by atoms with van der Waals surface area (Å²) in [7, 11) is -4.91. The number of rotatable bonds is 36. The lowest BCUT2D eigenvalue weighted by Gasteiger charge is -2.38. The monoisotopic (exact) mass is 763 g/mol. The van der Waals surface area contributed by atoms with Crippen molar-refractivity contribution in [2.45, 2.75) is 237 Å². The van der Waals surface area contributed by atoms with Crippen molar-refractivity contribution >= 4 is 19.4 Å². The molecule has 10 nitrogen and oxygen atoms in total. The topological polar surface area (TPSA) is 171 Å². The first-order valence-corrected chi connectivity index (χ1v) is 22.9. The third kappa shape index (κ3) is 24.6. The molecule has 1 aliphatic carbocycles. The number of phosphoric acid groups is 1. The zero-order chi connectivity index (χ0) is 38.5. The van der Waals surface area contributed by atoms with Crippen molar-refractivity contribution in [2.75, 3.05) is 6.61 Å². The predicted octanol–water partition coefficient (Wildman–Crippen LogP) is 9.44. The van der Waals surface area contributed by atoms with Gasteiger partial charge in [0.2, 0.25) is 0 Å². The smallest absolute Gasteiger partial charge is 0.390 e. The fourth-order valence-corrected chi connectivity index (χ4v) is 8.18. The molecule has 11 heteroatoms. The second-order valence-electron chi connectivity index (χ2n) is 15.6. The molecule has 1 saturated carbocycles. The highest BCUT2D eigenvalue weighted by atomic mass is 31.2. The Balaban J connectivity index is 2.48. The van der Waals surface area contributed by atoms with E-state index in [0.717, 1.165) is 44.9 Å². The van der Waals surface area contributed by atoms with E-state index in [1.165, 1.54) is 116 Å². The van der Waals surface area contributed by atoms with Gasteiger partial charge in [-0.05, 0) is 12.8 Å². The molecule has 6 unspecified atom stereocenters. The minimum atomic E-state index is -4.91. The lowest BCUT2D eigenvalue weighted by molar-refractivity contribution is -0.173. The van der Waals surface area contributed by atoms with Crippen molar-refractivity contribution in [2.24, 2.45) is 5.92 Å². The van der Waals surface area contributed by atoms with Crippen molar-refractivity contribution in [3.8, 4) is 0 Å². The van der Waals surface area contributed by atoms with Crippen LogP contribution in [0.1, 0.15) is 206 Å². The van der Waals surface area contributed by atoms with Crippen LogP contribution in [-0.2, 0) is 23.2 Å². The Labute approximate surface area is 316 Å². The first kappa shape index (κ1) is 49.3. The molecule has 1 fully saturated rings. The molecule has 0 radical (unpaired) electrons. The molecule has 0 bridgehead atoms. The Hall–Kier alpha value is -0.710. The summed E-state index contributed by atoms with van der Waals surface area (Å²) in [5.41, 5.74) is 0. The standard InChI is InChI=1S/C41H79O10P/c1-3-5-7-9-11-13-15-17-19-21-23-25-27-29-35(42)31-34(33-50-52(48,49)51-41-38(45)32-37(44)39(46)40(41)47)36(43)30-28-26-24-22-20-18-16-14-12-10-8-6-4-2/h34,37-41,44-47H,3-33H2,1-2H3,(H,48,49)/t34-,37?,38?,39?,40?,41?/m1/s1. The van der Waals surface area contributed by atoms with Crippen molar-refractivity contribution in [3.05, 3.63) is 0 Å². The lowest BCUT2D eigenvalue weighted by atomic mass is 9.87. The number of phosphoric ester groups is 1. The number of unbranched alkanes of at least 4 members (excludes halogenated alkanes) is 24. The summed E-state index contributed by atoms with van der Waals surface area (Å²) in [5, 5.41) is 40.1. The Kier molecular flexibility index (Phi) is 29.9. The van der Waals surface area contributed by atoms with Gasteiger partial charge in [0, 0.05) is 31.6 Å². The predicted molar refractivity (Wildman–Crippen MR) is 208 cm³/mol. The van der Waals surface area contributed by atoms with Crippen LogP contribution >= 0.6 is 7.82 Å². The maximum atomic E-state index is 13.3. The first-order chi connectivity index (χ1) is 25.0. The summed E-state index contributed by atoms with van der Waals surface area (Å²) < 4.78 is 23.0. The summed E-state index contributed by atoms with van der Waals surface area (Å²) in [5.74, 6) is -1.19. The van der Waals surface area contributed by atoms with Crippen LogP contribution in [0.25, 0.3) is 0 Å². The molecule has 5 N–H and O–H groups in total. The summed E-state index contributed by atoms with van der Waals surface area (Å²) in [4.78, 5) is 36.6. The van der Waals surface area contributed by atoms with E-state index < -0.39 is 50.9 Å². The fraction of sp³-hybridized carbons (Fsp3) is 0.951. The van der Waals surface area contributed by atoms with Gasteiger partial charge in [-0.25, -0.2) is 4.57 Å². The highest BCUT2D eigenvalue weighted by Gasteiger charge is 2.46. The van der Waals surface area contributed by atoms with E-state index in [2.05, 4.69) is 13.8 Å². The van der Waals surface area contributed by atoms with Crippen molar-refractivity contribution < 1.29 is 48.5 Å². The summed E-state index contributed by atoms with van der Waals surface area (Å²) in [6.45, 7) is 3.96. The number of ketones is 2. The van der Waals surface area contributed by atoms with Crippen LogP contribution in [0.3, 0.4) is 0 Å². The van der Waals surface area contributed by atoms with E-state index in [9.17, 15) is 39.5 Å². The summed E-state index contributed by atoms with van der Waals surface area (Å²) in [6, 6.07) is 0. The zero-order valence-corrected chi connectivity index (χ0v) is 34.0. The number of carbonyl (C=O) groups is 2. The maximum absolute atomic E-state index is 13.3. The minimum absolute atomic E-state index is 0.0840. The average Bonchev–Trinajstić information content (AvgIpc) is 3.11. The zero-order valence-electron chi connectivity index (χ0n) is 33.1. The van der Waals surface area contributed by atoms with Gasteiger partial charge in [0.05, 0.1) is 18.8 Å². The van der Waals surface area contributed by atoms with E-state index >= 15 is 0 Å². The van der Waals surface area contributed by atoms with Crippen LogP contribution in [0, 0.1) is 5.92 Å². The Morgan fingerprint density at radius 3 is 1.38 bits per heavy atom. The van der Waals surface area contributed by atoms with E-state index in [0.29, 0.717) is 12.8 Å². The van der Waals surface area contributed by atoms with Gasteiger partial charge in [-0.2, -0.15) is 0 Å². The SMILES string of the molecule is CCCCCCCCCCCCCCCC(=O)C[C@H](COP(=O)(O)OC1C(O)CC(O)C(O)C1O)C(=O)CCCCCCCCCCCCCCC. The first-order valence-electron chi connectivity index (χ1n) is 21.4. The van der Waals surface area contributed by atoms with E-state index in [1.54, 1.807) is 0 Å². The number of aliphatic hydroxyl groups excluding tert-OH is 4. The number of carbonyl (C=O) groups excluding carboxylic acids is 2. The van der Waals surface area contributed by atoms with Gasteiger partial charge in [-0.15, -0.1) is 0 Å². The number of Topliss-reactive ketones (excluding diaryl/α,β-unsaturated/α-hetero) is 2. The van der Waals surface area contributed by atoms with E-state index in [-0.39, 0.29) is 30.8 Å². The van der Waals surface area contributed by atoms with Gasteiger partial charge < -0.3 is 25.3 Å². The van der Waals surface area contributed by atoms with Crippen molar-refractivity contribution in [1.82, 2.24) is 0 Å². The molecular formula is C41H79O10P. The van der Waals surface area contributed by atoms with Crippen LogP contribution in [0.2, 0.25) is 0 Å². The molecule has 0 spiro atoms. The third-order valence-electron chi connectivity index (χ3n) is 10.7. The molecule has 1 rings (SSSR count). The van der Waals surface area contributed by atoms with Gasteiger partial charge in [-0.1, -0.05) is 168 Å². The number of hydrogen-bond donors (Lipinski definition) is 5. The number of aliphatic hydroxyl groups is 4. The third-order valence-corrected chi connectivity index (χ3v) is 11.6. The van der Waals surface area contributed by atoms with Crippen LogP contribution in [0.4, 0.5) is 0 Å². The quantitative estimate of drug-likeness (QED) is 0.0306. The molecule has 0 aromatic rings. The van der Waals surface area contributed by atoms with Crippen molar-refractivity contribution in [1.29, 1.82) is 0 Å². The normalized spacial score (nSPS) is 22.3.